The maximum absolute atomic E-state index is 13.6. The molecule has 2 aromatic carbocycles. The number of nitrogens with one attached hydrogen (secondary N) is 1. The van der Waals surface area contributed by atoms with E-state index in [1.165, 1.54) is 24.3 Å². The van der Waals surface area contributed by atoms with E-state index in [0.29, 0.717) is 12.1 Å². The van der Waals surface area contributed by atoms with Crippen molar-refractivity contribution in [2.45, 2.75) is 19.5 Å². The summed E-state index contributed by atoms with van der Waals surface area (Å²) in [5.74, 6) is -2.17. The molecule has 3 nitrogen and oxygen atoms in total. The van der Waals surface area contributed by atoms with Gasteiger partial charge in [-0.15, -0.1) is 0 Å². The van der Waals surface area contributed by atoms with Crippen molar-refractivity contribution in [1.82, 2.24) is 5.32 Å². The van der Waals surface area contributed by atoms with Gasteiger partial charge in [0.05, 0.1) is 5.56 Å². The summed E-state index contributed by atoms with van der Waals surface area (Å²) in [5, 5.41) is 11.9. The molecule has 2 rings (SSSR count). The normalized spacial score (nSPS) is 12.1. The molecular formula is C16H15F2NO2. The van der Waals surface area contributed by atoms with E-state index >= 15 is 0 Å². The van der Waals surface area contributed by atoms with Crippen molar-refractivity contribution in [3.8, 4) is 0 Å². The third-order valence-corrected chi connectivity index (χ3v) is 3.24. The number of hydrogen-bond acceptors (Lipinski definition) is 2. The molecule has 1 atom stereocenters. The fraction of sp³-hybridized carbons (Fsp3) is 0.188. The van der Waals surface area contributed by atoms with Crippen LogP contribution in [0.25, 0.3) is 0 Å². The van der Waals surface area contributed by atoms with Crippen molar-refractivity contribution in [3.63, 3.8) is 0 Å². The van der Waals surface area contributed by atoms with Crippen LogP contribution in [-0.2, 0) is 6.54 Å². The van der Waals surface area contributed by atoms with E-state index in [-0.39, 0.29) is 11.6 Å². The lowest BCUT2D eigenvalue weighted by atomic mass is 10.1. The lowest BCUT2D eigenvalue weighted by Crippen LogP contribution is -2.19. The van der Waals surface area contributed by atoms with Gasteiger partial charge in [0.15, 0.2) is 0 Å². The number of halogens is 2. The minimum absolute atomic E-state index is 0.219. The number of hydrogen-bond donors (Lipinski definition) is 2. The lowest BCUT2D eigenvalue weighted by molar-refractivity contribution is 0.0697. The molecule has 0 saturated carbocycles. The van der Waals surface area contributed by atoms with Gasteiger partial charge in [-0.2, -0.15) is 0 Å². The van der Waals surface area contributed by atoms with E-state index in [1.807, 2.05) is 0 Å². The largest absolute Gasteiger partial charge is 0.478 e. The van der Waals surface area contributed by atoms with Gasteiger partial charge in [0.2, 0.25) is 0 Å². The SMILES string of the molecule is CC(NCc1ccc(C(=O)O)cc1)c1ccc(F)cc1F. The quantitative estimate of drug-likeness (QED) is 0.886. The van der Waals surface area contributed by atoms with Gasteiger partial charge in [0.1, 0.15) is 11.6 Å². The van der Waals surface area contributed by atoms with Crippen LogP contribution in [0, 0.1) is 11.6 Å². The molecule has 0 amide bonds. The van der Waals surface area contributed by atoms with E-state index in [1.54, 1.807) is 19.1 Å². The Morgan fingerprint density at radius 3 is 2.43 bits per heavy atom. The molecule has 2 aromatic rings. The monoisotopic (exact) mass is 291 g/mol. The van der Waals surface area contributed by atoms with Crippen LogP contribution >= 0.6 is 0 Å². The third kappa shape index (κ3) is 3.86. The highest BCUT2D eigenvalue weighted by molar-refractivity contribution is 5.87. The maximum atomic E-state index is 13.6. The van der Waals surface area contributed by atoms with Crippen molar-refractivity contribution in [2.24, 2.45) is 0 Å². The second-order valence-corrected chi connectivity index (χ2v) is 4.77. The average molecular weight is 291 g/mol. The molecule has 0 radical (unpaired) electrons. The molecule has 110 valence electrons. The first-order chi connectivity index (χ1) is 9.97. The topological polar surface area (TPSA) is 49.3 Å². The highest BCUT2D eigenvalue weighted by atomic mass is 19.1. The van der Waals surface area contributed by atoms with Crippen molar-refractivity contribution in [2.75, 3.05) is 0 Å². The summed E-state index contributed by atoms with van der Waals surface area (Å²) in [4.78, 5) is 10.7. The Kier molecular flexibility index (Phi) is 4.65. The second-order valence-electron chi connectivity index (χ2n) is 4.77. The molecule has 0 heterocycles. The highest BCUT2D eigenvalue weighted by Gasteiger charge is 2.11. The fourth-order valence-corrected chi connectivity index (χ4v) is 2.00. The minimum Gasteiger partial charge on any atom is -0.478 e. The Labute approximate surface area is 121 Å². The Bertz CT molecular complexity index is 641. The van der Waals surface area contributed by atoms with Gasteiger partial charge in [0, 0.05) is 24.2 Å². The first kappa shape index (κ1) is 15.1. The molecule has 0 aliphatic rings. The van der Waals surface area contributed by atoms with Crippen molar-refractivity contribution < 1.29 is 18.7 Å². The van der Waals surface area contributed by atoms with Gasteiger partial charge in [-0.05, 0) is 30.7 Å². The molecule has 0 saturated heterocycles. The predicted molar refractivity (Wildman–Crippen MR) is 75.0 cm³/mol. The molecule has 0 aliphatic heterocycles. The first-order valence-electron chi connectivity index (χ1n) is 6.48. The molecule has 5 heteroatoms. The number of carbonyl (C=O) groups is 1. The summed E-state index contributed by atoms with van der Waals surface area (Å²) in [6.07, 6.45) is 0. The standard InChI is InChI=1S/C16H15F2NO2/c1-10(14-7-6-13(17)8-15(14)18)19-9-11-2-4-12(5-3-11)16(20)21/h2-8,10,19H,9H2,1H3,(H,20,21). The van der Waals surface area contributed by atoms with Crippen LogP contribution in [0.3, 0.4) is 0 Å². The maximum Gasteiger partial charge on any atom is 0.335 e. The second kappa shape index (κ2) is 6.45. The first-order valence-corrected chi connectivity index (χ1v) is 6.48. The molecule has 2 N–H and O–H groups in total. The molecule has 0 bridgehead atoms. The summed E-state index contributed by atoms with van der Waals surface area (Å²) < 4.78 is 26.5. The Hall–Kier alpha value is -2.27. The van der Waals surface area contributed by atoms with Crippen molar-refractivity contribution in [1.29, 1.82) is 0 Å². The number of carboxylic acid groups (broad SMARTS) is 1. The summed E-state index contributed by atoms with van der Waals surface area (Å²) in [7, 11) is 0. The van der Waals surface area contributed by atoms with Crippen molar-refractivity contribution >= 4 is 5.97 Å². The van der Waals surface area contributed by atoms with Crippen LogP contribution in [0.5, 0.6) is 0 Å². The van der Waals surface area contributed by atoms with Gasteiger partial charge in [-0.1, -0.05) is 18.2 Å². The summed E-state index contributed by atoms with van der Waals surface area (Å²) >= 11 is 0. The Balaban J connectivity index is 2.00. The zero-order valence-corrected chi connectivity index (χ0v) is 11.4. The van der Waals surface area contributed by atoms with Crippen LogP contribution in [0.2, 0.25) is 0 Å². The zero-order chi connectivity index (χ0) is 15.4. The molecule has 21 heavy (non-hydrogen) atoms. The van der Waals surface area contributed by atoms with E-state index in [9.17, 15) is 13.6 Å². The summed E-state index contributed by atoms with van der Waals surface area (Å²) in [6.45, 7) is 2.24. The van der Waals surface area contributed by atoms with E-state index in [2.05, 4.69) is 5.32 Å². The third-order valence-electron chi connectivity index (χ3n) is 3.24. The lowest BCUT2D eigenvalue weighted by Gasteiger charge is -2.15. The van der Waals surface area contributed by atoms with Gasteiger partial charge < -0.3 is 10.4 Å². The van der Waals surface area contributed by atoms with Gasteiger partial charge in [0.25, 0.3) is 0 Å². The molecule has 0 fully saturated rings. The van der Waals surface area contributed by atoms with Crippen LogP contribution in [-0.4, -0.2) is 11.1 Å². The van der Waals surface area contributed by atoms with Crippen LogP contribution in [0.4, 0.5) is 8.78 Å². The predicted octanol–water partition coefficient (Wildman–Crippen LogP) is 3.51. The Morgan fingerprint density at radius 1 is 1.19 bits per heavy atom. The minimum atomic E-state index is -0.976. The Morgan fingerprint density at radius 2 is 1.86 bits per heavy atom. The van der Waals surface area contributed by atoms with Gasteiger partial charge >= 0.3 is 5.97 Å². The van der Waals surface area contributed by atoms with Crippen molar-refractivity contribution in [3.05, 3.63) is 70.8 Å². The highest BCUT2D eigenvalue weighted by Crippen LogP contribution is 2.18. The van der Waals surface area contributed by atoms with Gasteiger partial charge in [-0.25, -0.2) is 13.6 Å². The average Bonchev–Trinajstić information content (AvgIpc) is 2.45. The number of carboxylic acids is 1. The van der Waals surface area contributed by atoms with Crippen LogP contribution < -0.4 is 5.32 Å². The smallest absolute Gasteiger partial charge is 0.335 e. The summed E-state index contributed by atoms with van der Waals surface area (Å²) in [5.41, 5.74) is 1.49. The number of benzene rings is 2. The molecule has 0 aliphatic carbocycles. The zero-order valence-electron chi connectivity index (χ0n) is 11.4. The summed E-state index contributed by atoms with van der Waals surface area (Å²) in [6, 6.07) is 9.63. The molecule has 0 spiro atoms. The van der Waals surface area contributed by atoms with E-state index < -0.39 is 17.6 Å². The fourth-order valence-electron chi connectivity index (χ4n) is 2.00. The van der Waals surface area contributed by atoms with Gasteiger partial charge in [-0.3, -0.25) is 0 Å². The molecule has 0 aromatic heterocycles. The van der Waals surface area contributed by atoms with Crippen LogP contribution in [0.1, 0.15) is 34.5 Å². The molecule has 1 unspecified atom stereocenters. The molecular weight excluding hydrogens is 276 g/mol. The number of rotatable bonds is 5. The number of aromatic carboxylic acids is 1. The van der Waals surface area contributed by atoms with E-state index in [4.69, 9.17) is 5.11 Å². The van der Waals surface area contributed by atoms with E-state index in [0.717, 1.165) is 11.6 Å². The van der Waals surface area contributed by atoms with Crippen LogP contribution in [0.15, 0.2) is 42.5 Å².